The zero-order chi connectivity index (χ0) is 20.9. The Morgan fingerprint density at radius 1 is 1.36 bits per heavy atom. The molecule has 0 aromatic heterocycles. The summed E-state index contributed by atoms with van der Waals surface area (Å²) in [5.74, 6) is 6.96. The fraction of sp³-hybridized carbons (Fsp3) is 0.619. The third kappa shape index (κ3) is 5.26. The summed E-state index contributed by atoms with van der Waals surface area (Å²) in [4.78, 5) is 0.121. The van der Waals surface area contributed by atoms with Gasteiger partial charge in [-0.15, -0.1) is 0 Å². The zero-order valence-corrected chi connectivity index (χ0v) is 18.2. The number of aliphatic hydroxyl groups excluding tert-OH is 1. The number of benzene rings is 1. The Balaban J connectivity index is 2.54. The van der Waals surface area contributed by atoms with Gasteiger partial charge in [0.25, 0.3) is 0 Å². The summed E-state index contributed by atoms with van der Waals surface area (Å²) in [5, 5.41) is 12.7. The molecular formula is C21H32N2O4S. The highest BCUT2D eigenvalue weighted by atomic mass is 32.2. The molecular weight excluding hydrogens is 376 g/mol. The molecule has 1 heterocycles. The van der Waals surface area contributed by atoms with Gasteiger partial charge in [0.1, 0.15) is 16.7 Å². The van der Waals surface area contributed by atoms with Crippen LogP contribution in [0.2, 0.25) is 0 Å². The fourth-order valence-electron chi connectivity index (χ4n) is 3.11. The number of nitrogens with one attached hydrogen (secondary N) is 1. The topological polar surface area (TPSA) is 78.9 Å². The van der Waals surface area contributed by atoms with Crippen molar-refractivity contribution in [2.24, 2.45) is 11.8 Å². The van der Waals surface area contributed by atoms with Crippen LogP contribution >= 0.6 is 0 Å². The predicted molar refractivity (Wildman–Crippen MR) is 111 cm³/mol. The maximum Gasteiger partial charge on any atom is 0.247 e. The second-order valence-electron chi connectivity index (χ2n) is 7.86. The van der Waals surface area contributed by atoms with Crippen LogP contribution in [0.15, 0.2) is 23.1 Å². The Bertz CT molecular complexity index is 827. The lowest BCUT2D eigenvalue weighted by Crippen LogP contribution is -2.49. The van der Waals surface area contributed by atoms with Crippen molar-refractivity contribution in [3.8, 4) is 17.6 Å². The molecule has 28 heavy (non-hydrogen) atoms. The predicted octanol–water partition coefficient (Wildman–Crippen LogP) is 2.07. The lowest BCUT2D eigenvalue weighted by Gasteiger charge is -2.36. The molecule has 0 aliphatic carbocycles. The van der Waals surface area contributed by atoms with Crippen molar-refractivity contribution in [3.05, 3.63) is 23.8 Å². The van der Waals surface area contributed by atoms with Gasteiger partial charge in [0.05, 0.1) is 6.61 Å². The molecule has 0 bridgehead atoms. The van der Waals surface area contributed by atoms with Crippen molar-refractivity contribution >= 4 is 10.0 Å². The minimum atomic E-state index is -3.80. The molecule has 156 valence electrons. The van der Waals surface area contributed by atoms with Gasteiger partial charge in [0, 0.05) is 37.0 Å². The number of rotatable bonds is 5. The maximum absolute atomic E-state index is 13.3. The van der Waals surface area contributed by atoms with Crippen LogP contribution in [0.25, 0.3) is 0 Å². The highest BCUT2D eigenvalue weighted by molar-refractivity contribution is 7.89. The van der Waals surface area contributed by atoms with E-state index in [0.717, 1.165) is 12.0 Å². The van der Waals surface area contributed by atoms with Crippen LogP contribution in [-0.4, -0.2) is 56.7 Å². The van der Waals surface area contributed by atoms with E-state index in [4.69, 9.17) is 4.74 Å². The molecule has 0 radical (unpaired) electrons. The van der Waals surface area contributed by atoms with Crippen molar-refractivity contribution in [3.63, 3.8) is 0 Å². The van der Waals surface area contributed by atoms with E-state index in [1.807, 2.05) is 14.0 Å². The van der Waals surface area contributed by atoms with Crippen LogP contribution in [0.1, 0.15) is 39.7 Å². The van der Waals surface area contributed by atoms with Gasteiger partial charge in [0.15, 0.2) is 0 Å². The molecule has 6 nitrogen and oxygen atoms in total. The minimum absolute atomic E-state index is 0.0555. The first-order valence-electron chi connectivity index (χ1n) is 9.77. The van der Waals surface area contributed by atoms with E-state index in [1.54, 1.807) is 25.1 Å². The third-order valence-electron chi connectivity index (χ3n) is 4.82. The van der Waals surface area contributed by atoms with Gasteiger partial charge in [-0.1, -0.05) is 32.6 Å². The summed E-state index contributed by atoms with van der Waals surface area (Å²) < 4.78 is 34.1. The molecule has 1 aromatic rings. The molecule has 0 amide bonds. The van der Waals surface area contributed by atoms with E-state index in [-0.39, 0.29) is 30.1 Å². The number of hydrogen-bond acceptors (Lipinski definition) is 5. The maximum atomic E-state index is 13.3. The molecule has 1 aliphatic heterocycles. The molecule has 0 unspecified atom stereocenters. The molecule has 1 aliphatic rings. The monoisotopic (exact) mass is 408 g/mol. The molecule has 0 spiro atoms. The van der Waals surface area contributed by atoms with Crippen molar-refractivity contribution in [1.29, 1.82) is 0 Å². The van der Waals surface area contributed by atoms with E-state index in [0.29, 0.717) is 18.2 Å². The molecule has 0 saturated heterocycles. The average Bonchev–Trinajstić information content (AvgIpc) is 2.63. The fourth-order valence-corrected chi connectivity index (χ4v) is 4.93. The third-order valence-corrected chi connectivity index (χ3v) is 6.83. The zero-order valence-electron chi connectivity index (χ0n) is 17.4. The van der Waals surface area contributed by atoms with Gasteiger partial charge in [-0.3, -0.25) is 0 Å². The van der Waals surface area contributed by atoms with Crippen LogP contribution in [0.5, 0.6) is 5.75 Å². The number of sulfonamides is 1. The van der Waals surface area contributed by atoms with Crippen LogP contribution in [0.3, 0.4) is 0 Å². The smallest absolute Gasteiger partial charge is 0.247 e. The van der Waals surface area contributed by atoms with E-state index >= 15 is 0 Å². The van der Waals surface area contributed by atoms with Gasteiger partial charge in [0.2, 0.25) is 10.0 Å². The summed E-state index contributed by atoms with van der Waals surface area (Å²) in [5.41, 5.74) is 0.729. The lowest BCUT2D eigenvalue weighted by atomic mass is 10.0. The van der Waals surface area contributed by atoms with E-state index < -0.39 is 16.1 Å². The Morgan fingerprint density at radius 3 is 2.68 bits per heavy atom. The number of aliphatic hydroxyl groups is 1. The van der Waals surface area contributed by atoms with Crippen LogP contribution in [0.4, 0.5) is 0 Å². The molecule has 0 fully saturated rings. The van der Waals surface area contributed by atoms with Crippen molar-refractivity contribution in [1.82, 2.24) is 9.62 Å². The summed E-state index contributed by atoms with van der Waals surface area (Å²) in [7, 11) is -1.95. The summed E-state index contributed by atoms with van der Waals surface area (Å²) >= 11 is 0. The standard InChI is InChI=1S/C21H32N2O4S/c1-15(2)7-6-8-18-9-10-21-19(11-18)27-20(12-22-5)16(3)13-23(17(4)14-24)28(21,25)26/h9-11,15-17,20,22,24H,7,12-14H2,1-5H3/t16-,17-,20+/m1/s1. The molecule has 2 rings (SSSR count). The number of nitrogens with zero attached hydrogens (tertiary/aromatic N) is 1. The molecule has 1 aromatic carbocycles. The second kappa shape index (κ2) is 9.75. The summed E-state index contributed by atoms with van der Waals surface area (Å²) in [6, 6.07) is 4.47. The van der Waals surface area contributed by atoms with Gasteiger partial charge in [-0.2, -0.15) is 4.31 Å². The highest BCUT2D eigenvalue weighted by Gasteiger charge is 2.37. The minimum Gasteiger partial charge on any atom is -0.487 e. The van der Waals surface area contributed by atoms with E-state index in [9.17, 15) is 13.5 Å². The average molecular weight is 409 g/mol. The molecule has 7 heteroatoms. The highest BCUT2D eigenvalue weighted by Crippen LogP contribution is 2.33. The summed E-state index contributed by atoms with van der Waals surface area (Å²) in [6.45, 7) is 8.52. The Hall–Kier alpha value is -1.59. The molecule has 3 atom stereocenters. The first-order valence-corrected chi connectivity index (χ1v) is 11.2. The quantitative estimate of drug-likeness (QED) is 0.730. The first-order chi connectivity index (χ1) is 13.2. The van der Waals surface area contributed by atoms with Crippen molar-refractivity contribution in [2.45, 2.75) is 51.2 Å². The van der Waals surface area contributed by atoms with E-state index in [1.165, 1.54) is 4.31 Å². The van der Waals surface area contributed by atoms with Gasteiger partial charge < -0.3 is 15.2 Å². The Kier molecular flexibility index (Phi) is 7.90. The SMILES string of the molecule is CNC[C@@H]1Oc2cc(C#CCC(C)C)ccc2S(=O)(=O)N([C@H](C)CO)C[C@H]1C. The van der Waals surface area contributed by atoms with Crippen LogP contribution in [0, 0.1) is 23.7 Å². The number of ether oxygens (including phenoxy) is 1. The van der Waals surface area contributed by atoms with Gasteiger partial charge >= 0.3 is 0 Å². The van der Waals surface area contributed by atoms with Gasteiger partial charge in [-0.05, 0) is 38.1 Å². The molecule has 0 saturated carbocycles. The largest absolute Gasteiger partial charge is 0.487 e. The summed E-state index contributed by atoms with van der Waals surface area (Å²) in [6.07, 6.45) is 0.573. The van der Waals surface area contributed by atoms with E-state index in [2.05, 4.69) is 31.0 Å². The lowest BCUT2D eigenvalue weighted by molar-refractivity contribution is 0.103. The van der Waals surface area contributed by atoms with Crippen molar-refractivity contribution in [2.75, 3.05) is 26.7 Å². The van der Waals surface area contributed by atoms with Gasteiger partial charge in [-0.25, -0.2) is 8.42 Å². The number of likely N-dealkylation sites (N-methyl/N-ethyl adjacent to an activating group) is 1. The van der Waals surface area contributed by atoms with Crippen LogP contribution in [-0.2, 0) is 10.0 Å². The Morgan fingerprint density at radius 2 is 2.07 bits per heavy atom. The first kappa shape index (κ1) is 22.7. The number of hydrogen-bond donors (Lipinski definition) is 2. The normalized spacial score (nSPS) is 23.0. The van der Waals surface area contributed by atoms with Crippen molar-refractivity contribution < 1.29 is 18.3 Å². The Labute approximate surface area is 169 Å². The van der Waals surface area contributed by atoms with Crippen LogP contribution < -0.4 is 10.1 Å². The molecule has 2 N–H and O–H groups in total. The second-order valence-corrected chi connectivity index (χ2v) is 9.72. The number of fused-ring (bicyclic) bond motifs is 1.